The lowest BCUT2D eigenvalue weighted by Gasteiger charge is -2.21. The number of carbonyl (C=O) groups is 4. The van der Waals surface area contributed by atoms with E-state index in [4.69, 9.17) is 37.0 Å². The van der Waals surface area contributed by atoms with Crippen molar-refractivity contribution in [3.63, 3.8) is 0 Å². The van der Waals surface area contributed by atoms with Crippen molar-refractivity contribution in [3.05, 3.63) is 122 Å². The summed E-state index contributed by atoms with van der Waals surface area (Å²) in [6, 6.07) is 0. The van der Waals surface area contributed by atoms with Crippen LogP contribution in [0.4, 0.5) is 0 Å². The summed E-state index contributed by atoms with van der Waals surface area (Å²) in [6.07, 6.45) is 84.5. The fourth-order valence-electron chi connectivity index (χ4n) is 10.7. The highest BCUT2D eigenvalue weighted by Crippen LogP contribution is 2.45. The molecule has 0 radical (unpaired) electrons. The Hall–Kier alpha value is -4.54. The van der Waals surface area contributed by atoms with E-state index in [1.165, 1.54) is 57.8 Å². The van der Waals surface area contributed by atoms with Gasteiger partial charge in [-0.15, -0.1) is 0 Å². The molecule has 0 heterocycles. The second-order valence-electron chi connectivity index (χ2n) is 27.0. The zero-order valence-corrected chi connectivity index (χ0v) is 67.2. The smallest absolute Gasteiger partial charge is 0.462 e. The van der Waals surface area contributed by atoms with E-state index < -0.39 is 97.5 Å². The van der Waals surface area contributed by atoms with Crippen LogP contribution in [0.25, 0.3) is 0 Å². The van der Waals surface area contributed by atoms with E-state index in [0.717, 1.165) is 199 Å². The minimum atomic E-state index is -4.99. The van der Waals surface area contributed by atoms with Gasteiger partial charge in [-0.05, 0) is 154 Å². The summed E-state index contributed by atoms with van der Waals surface area (Å²) in [7, 11) is -9.98. The standard InChI is InChI=1S/C85H146O17P2/c1-5-9-13-17-21-25-29-33-36-38-39-41-44-47-50-54-58-62-66-70-83(88)95-75-80(101-84(89)71-67-63-59-55-51-45-32-28-24-20-16-12-8-4)77-99-103(91,92)97-73-79(86)74-98-104(93,94)100-78-81(102-85(90)72-68-64-60-56-52-48-42-35-31-27-23-19-15-11-7-3)76-96-82(87)69-65-61-57-53-49-46-43-40-37-34-30-26-22-18-14-10-6-2/h10,14,16,20-22,25-26,28,32-37,39,41-43,46,79-81,86H,5-9,11-13,15,17-19,23-24,27,29-31,38,40,44-45,47-78H2,1-4H3,(H,91,92)(H,93,94)/b14-10-,20-16-,25-21-,26-22-,32-28-,36-33-,37-34-,41-39-,42-35-,46-43-. The third kappa shape index (κ3) is 75.7. The summed E-state index contributed by atoms with van der Waals surface area (Å²) in [6.45, 7) is 4.62. The summed E-state index contributed by atoms with van der Waals surface area (Å²) >= 11 is 0. The molecule has 5 atom stereocenters. The first-order chi connectivity index (χ1) is 50.7. The van der Waals surface area contributed by atoms with Gasteiger partial charge in [0.1, 0.15) is 19.3 Å². The molecule has 0 amide bonds. The Morgan fingerprint density at radius 1 is 0.279 bits per heavy atom. The maximum atomic E-state index is 13.1. The number of phosphoric acid groups is 2. The molecule has 0 spiro atoms. The molecule has 0 bridgehead atoms. The van der Waals surface area contributed by atoms with Gasteiger partial charge in [0.05, 0.1) is 26.4 Å². The van der Waals surface area contributed by atoms with Crippen molar-refractivity contribution < 1.29 is 80.2 Å². The van der Waals surface area contributed by atoms with Crippen LogP contribution in [0.2, 0.25) is 0 Å². The molecule has 19 heteroatoms. The summed E-state index contributed by atoms with van der Waals surface area (Å²) in [5.74, 6) is -2.23. The van der Waals surface area contributed by atoms with Crippen molar-refractivity contribution in [2.45, 2.75) is 354 Å². The number of ether oxygens (including phenoxy) is 4. The lowest BCUT2D eigenvalue weighted by molar-refractivity contribution is -0.161. The second-order valence-corrected chi connectivity index (χ2v) is 29.9. The normalized spacial score (nSPS) is 14.5. The molecule has 0 aliphatic rings. The van der Waals surface area contributed by atoms with Gasteiger partial charge in [-0.2, -0.15) is 0 Å². The van der Waals surface area contributed by atoms with E-state index in [9.17, 15) is 43.2 Å². The predicted molar refractivity (Wildman–Crippen MR) is 427 cm³/mol. The van der Waals surface area contributed by atoms with Crippen molar-refractivity contribution in [1.82, 2.24) is 0 Å². The van der Waals surface area contributed by atoms with Crippen LogP contribution >= 0.6 is 15.6 Å². The molecule has 598 valence electrons. The number of esters is 4. The zero-order chi connectivity index (χ0) is 76.0. The van der Waals surface area contributed by atoms with Crippen LogP contribution in [0, 0.1) is 0 Å². The fourth-order valence-corrected chi connectivity index (χ4v) is 12.2. The van der Waals surface area contributed by atoms with Gasteiger partial charge < -0.3 is 33.8 Å². The minimum absolute atomic E-state index is 0.0735. The molecular weight excluding hydrogens is 1350 g/mol. The van der Waals surface area contributed by atoms with Gasteiger partial charge in [-0.25, -0.2) is 9.13 Å². The van der Waals surface area contributed by atoms with Crippen LogP contribution in [0.3, 0.4) is 0 Å². The first-order valence-electron chi connectivity index (χ1n) is 40.8. The Balaban J connectivity index is 5.38. The fraction of sp³-hybridized carbons (Fsp3) is 0.718. The van der Waals surface area contributed by atoms with Gasteiger partial charge >= 0.3 is 39.5 Å². The molecule has 0 aliphatic carbocycles. The van der Waals surface area contributed by atoms with E-state index in [0.29, 0.717) is 25.7 Å². The third-order valence-electron chi connectivity index (χ3n) is 16.9. The van der Waals surface area contributed by atoms with E-state index in [1.54, 1.807) is 0 Å². The van der Waals surface area contributed by atoms with Gasteiger partial charge in [0.15, 0.2) is 12.2 Å². The highest BCUT2D eigenvalue weighted by atomic mass is 31.2. The van der Waals surface area contributed by atoms with Gasteiger partial charge in [-0.3, -0.25) is 37.3 Å². The summed E-state index contributed by atoms with van der Waals surface area (Å²) < 4.78 is 68.6. The highest BCUT2D eigenvalue weighted by molar-refractivity contribution is 7.47. The lowest BCUT2D eigenvalue weighted by Crippen LogP contribution is -2.30. The molecule has 0 aromatic carbocycles. The van der Waals surface area contributed by atoms with Crippen molar-refractivity contribution >= 4 is 39.5 Å². The van der Waals surface area contributed by atoms with E-state index in [-0.39, 0.29) is 25.7 Å². The number of rotatable bonds is 76. The van der Waals surface area contributed by atoms with Gasteiger partial charge in [0, 0.05) is 25.7 Å². The quantitative estimate of drug-likeness (QED) is 0.0169. The van der Waals surface area contributed by atoms with Gasteiger partial charge in [0.2, 0.25) is 0 Å². The number of aliphatic hydroxyl groups excluding tert-OH is 1. The van der Waals surface area contributed by atoms with Crippen molar-refractivity contribution in [2.75, 3.05) is 39.6 Å². The Kier molecular flexibility index (Phi) is 73.3. The molecule has 0 fully saturated rings. The van der Waals surface area contributed by atoms with Gasteiger partial charge in [-0.1, -0.05) is 278 Å². The molecule has 104 heavy (non-hydrogen) atoms. The van der Waals surface area contributed by atoms with Crippen molar-refractivity contribution in [2.24, 2.45) is 0 Å². The first kappa shape index (κ1) is 99.5. The topological polar surface area (TPSA) is 237 Å². The zero-order valence-electron chi connectivity index (χ0n) is 65.4. The molecule has 0 saturated carbocycles. The first-order valence-corrected chi connectivity index (χ1v) is 43.8. The minimum Gasteiger partial charge on any atom is -0.462 e. The van der Waals surface area contributed by atoms with E-state index in [1.807, 2.05) is 0 Å². The maximum absolute atomic E-state index is 13.1. The van der Waals surface area contributed by atoms with Gasteiger partial charge in [0.25, 0.3) is 0 Å². The molecule has 0 aromatic heterocycles. The van der Waals surface area contributed by atoms with E-state index in [2.05, 4.69) is 149 Å². The largest absolute Gasteiger partial charge is 0.472 e. The lowest BCUT2D eigenvalue weighted by atomic mass is 10.1. The predicted octanol–water partition coefficient (Wildman–Crippen LogP) is 23.9. The van der Waals surface area contributed by atoms with E-state index >= 15 is 0 Å². The summed E-state index contributed by atoms with van der Waals surface area (Å²) in [5, 5.41) is 10.6. The van der Waals surface area contributed by atoms with Crippen LogP contribution in [0.5, 0.6) is 0 Å². The molecule has 0 aromatic rings. The van der Waals surface area contributed by atoms with Crippen LogP contribution in [0.1, 0.15) is 336 Å². The molecule has 5 unspecified atom stereocenters. The Morgan fingerprint density at radius 3 is 0.837 bits per heavy atom. The van der Waals surface area contributed by atoms with Crippen LogP contribution in [-0.2, 0) is 65.4 Å². The average Bonchev–Trinajstić information content (AvgIpc) is 0.939. The molecule has 0 saturated heterocycles. The molecule has 0 aliphatic heterocycles. The highest BCUT2D eigenvalue weighted by Gasteiger charge is 2.30. The molecule has 3 N–H and O–H groups in total. The molecular formula is C85H146O17P2. The number of hydrogen-bond donors (Lipinski definition) is 3. The second kappa shape index (κ2) is 76.6. The number of aliphatic hydroxyl groups is 1. The summed E-state index contributed by atoms with van der Waals surface area (Å²) in [5.41, 5.74) is 0. The number of allylic oxidation sites excluding steroid dienone is 20. The number of carbonyl (C=O) groups excluding carboxylic acids is 4. The molecule has 0 rings (SSSR count). The number of unbranched alkanes of at least 4 members (excludes halogenated alkanes) is 30. The Labute approximate surface area is 632 Å². The Morgan fingerprint density at radius 2 is 0.519 bits per heavy atom. The number of hydrogen-bond acceptors (Lipinski definition) is 15. The third-order valence-corrected chi connectivity index (χ3v) is 18.8. The Bertz CT molecular complexity index is 2440. The van der Waals surface area contributed by atoms with Crippen molar-refractivity contribution in [3.8, 4) is 0 Å². The SMILES string of the molecule is CC/C=C\C/C=C\C/C=C\C/C=C\CCCCCCC(=O)OCC(COP(=O)(O)OCC(O)COP(=O)(O)OCC(COC(=O)CCCCCCCC/C=C\C/C=C\C/C=C\CCCCC)OC(=O)CCCCCCC/C=C\C/C=C\CCC)OC(=O)CCCCCCC/C=C\CCCCCCCC. The maximum Gasteiger partial charge on any atom is 0.472 e. The number of phosphoric ester groups is 2. The molecule has 17 nitrogen and oxygen atoms in total. The van der Waals surface area contributed by atoms with Crippen molar-refractivity contribution in [1.29, 1.82) is 0 Å². The van der Waals surface area contributed by atoms with Crippen LogP contribution in [-0.4, -0.2) is 96.7 Å². The average molecular weight is 1500 g/mol. The van der Waals surface area contributed by atoms with Crippen LogP contribution in [0.15, 0.2) is 122 Å². The summed E-state index contributed by atoms with van der Waals surface area (Å²) in [4.78, 5) is 73.1. The monoisotopic (exact) mass is 1500 g/mol. The van der Waals surface area contributed by atoms with Crippen LogP contribution < -0.4 is 0 Å².